The van der Waals surface area contributed by atoms with Crippen LogP contribution in [0.1, 0.15) is 5.56 Å². The van der Waals surface area contributed by atoms with Crippen LogP contribution in [0.25, 0.3) is 22.0 Å². The molecule has 5 heteroatoms. The van der Waals surface area contributed by atoms with Crippen LogP contribution in [0.15, 0.2) is 73.3 Å². The van der Waals surface area contributed by atoms with Crippen molar-refractivity contribution in [2.24, 2.45) is 0 Å². The zero-order valence-electron chi connectivity index (χ0n) is 14.4. The van der Waals surface area contributed by atoms with E-state index in [4.69, 9.17) is 0 Å². The number of pyridine rings is 1. The van der Waals surface area contributed by atoms with Crippen molar-refractivity contribution >= 4 is 34.9 Å². The Labute approximate surface area is 158 Å². The van der Waals surface area contributed by atoms with Crippen molar-refractivity contribution < 1.29 is 0 Å². The van der Waals surface area contributed by atoms with Gasteiger partial charge in [0.25, 0.3) is 0 Å². The van der Waals surface area contributed by atoms with E-state index in [0.29, 0.717) is 0 Å². The van der Waals surface area contributed by atoms with Gasteiger partial charge in [-0.05, 0) is 17.7 Å². The Kier molecular flexibility index (Phi) is 4.54. The van der Waals surface area contributed by atoms with E-state index in [-0.39, 0.29) is 0 Å². The number of anilines is 2. The van der Waals surface area contributed by atoms with Crippen molar-refractivity contribution in [2.45, 2.75) is 5.75 Å². The van der Waals surface area contributed by atoms with Crippen LogP contribution in [0.4, 0.5) is 11.5 Å². The summed E-state index contributed by atoms with van der Waals surface area (Å²) in [6.45, 7) is 0. The number of hydrogen-bond donors (Lipinski definition) is 1. The van der Waals surface area contributed by atoms with Gasteiger partial charge in [0.05, 0.1) is 11.4 Å². The summed E-state index contributed by atoms with van der Waals surface area (Å²) in [6, 6.07) is 18.5. The molecule has 0 fully saturated rings. The zero-order valence-corrected chi connectivity index (χ0v) is 15.3. The molecule has 0 unspecified atom stereocenters. The van der Waals surface area contributed by atoms with Gasteiger partial charge in [0.1, 0.15) is 12.1 Å². The highest BCUT2D eigenvalue weighted by Crippen LogP contribution is 2.30. The van der Waals surface area contributed by atoms with Gasteiger partial charge in [0.15, 0.2) is 0 Å². The maximum absolute atomic E-state index is 4.47. The number of aromatic nitrogens is 3. The van der Waals surface area contributed by atoms with Crippen molar-refractivity contribution in [3.8, 4) is 11.3 Å². The Morgan fingerprint density at radius 2 is 1.85 bits per heavy atom. The van der Waals surface area contributed by atoms with Gasteiger partial charge in [-0.2, -0.15) is 12.6 Å². The number of benzene rings is 2. The number of hydrogen-bond acceptors (Lipinski definition) is 5. The molecular formula is C21H18N4S. The highest BCUT2D eigenvalue weighted by atomic mass is 32.1. The van der Waals surface area contributed by atoms with E-state index in [2.05, 4.69) is 68.9 Å². The molecule has 0 aliphatic rings. The van der Waals surface area contributed by atoms with Gasteiger partial charge in [-0.3, -0.25) is 4.98 Å². The molecule has 0 saturated carbocycles. The van der Waals surface area contributed by atoms with Crippen molar-refractivity contribution in [1.82, 2.24) is 15.0 Å². The first-order valence-corrected chi connectivity index (χ1v) is 8.98. The minimum atomic E-state index is 0.730. The minimum Gasteiger partial charge on any atom is -0.329 e. The fourth-order valence-corrected chi connectivity index (χ4v) is 3.20. The Hall–Kier alpha value is -2.92. The van der Waals surface area contributed by atoms with Crippen LogP contribution in [0, 0.1) is 0 Å². The third-order valence-corrected chi connectivity index (χ3v) is 4.81. The van der Waals surface area contributed by atoms with Crippen molar-refractivity contribution in [1.29, 1.82) is 0 Å². The maximum atomic E-state index is 4.47. The molecule has 0 atom stereocenters. The second-order valence-electron chi connectivity index (χ2n) is 6.05. The molecule has 26 heavy (non-hydrogen) atoms. The smallest absolute Gasteiger partial charge is 0.136 e. The van der Waals surface area contributed by atoms with Gasteiger partial charge in [-0.25, -0.2) is 9.97 Å². The monoisotopic (exact) mass is 358 g/mol. The van der Waals surface area contributed by atoms with E-state index in [0.717, 1.165) is 39.3 Å². The lowest BCUT2D eigenvalue weighted by molar-refractivity contribution is 1.09. The highest BCUT2D eigenvalue weighted by molar-refractivity contribution is 7.79. The van der Waals surface area contributed by atoms with E-state index >= 15 is 0 Å². The van der Waals surface area contributed by atoms with E-state index in [1.165, 1.54) is 5.56 Å². The molecule has 0 aliphatic heterocycles. The molecule has 0 spiro atoms. The molecule has 2 heterocycles. The van der Waals surface area contributed by atoms with Gasteiger partial charge in [-0.15, -0.1) is 0 Å². The van der Waals surface area contributed by atoms with E-state index in [9.17, 15) is 0 Å². The molecule has 2 aromatic carbocycles. The lowest BCUT2D eigenvalue weighted by Crippen LogP contribution is -2.12. The topological polar surface area (TPSA) is 41.9 Å². The molecule has 0 aliphatic carbocycles. The summed E-state index contributed by atoms with van der Waals surface area (Å²) in [5, 5.41) is 2.25. The molecule has 4 rings (SSSR count). The first-order valence-electron chi connectivity index (χ1n) is 8.35. The predicted octanol–water partition coefficient (Wildman–Crippen LogP) is 4.89. The van der Waals surface area contributed by atoms with Gasteiger partial charge in [0, 0.05) is 47.6 Å². The molecule has 128 valence electrons. The van der Waals surface area contributed by atoms with Crippen molar-refractivity contribution in [2.75, 3.05) is 11.9 Å². The third-order valence-electron chi connectivity index (χ3n) is 4.45. The Morgan fingerprint density at radius 3 is 2.65 bits per heavy atom. The summed E-state index contributed by atoms with van der Waals surface area (Å²) in [6.07, 6.45) is 5.30. The molecule has 0 radical (unpaired) electrons. The van der Waals surface area contributed by atoms with Crippen molar-refractivity contribution in [3.05, 3.63) is 78.9 Å². The Morgan fingerprint density at radius 1 is 1.00 bits per heavy atom. The fraction of sp³-hybridized carbons (Fsp3) is 0.0952. The summed E-state index contributed by atoms with van der Waals surface area (Å²) in [7, 11) is 2.02. The average Bonchev–Trinajstić information content (AvgIpc) is 2.73. The summed E-state index contributed by atoms with van der Waals surface area (Å²) in [5.41, 5.74) is 4.23. The number of rotatable bonds is 4. The zero-order chi connectivity index (χ0) is 17.9. The van der Waals surface area contributed by atoms with Crippen LogP contribution < -0.4 is 4.90 Å². The molecule has 4 nitrogen and oxygen atoms in total. The third kappa shape index (κ3) is 3.13. The quantitative estimate of drug-likeness (QED) is 0.528. The van der Waals surface area contributed by atoms with Crippen LogP contribution in [-0.4, -0.2) is 22.0 Å². The summed E-state index contributed by atoms with van der Waals surface area (Å²) >= 11 is 4.31. The molecule has 0 N–H and O–H groups in total. The lowest BCUT2D eigenvalue weighted by atomic mass is 10.1. The molecular weight excluding hydrogens is 340 g/mol. The van der Waals surface area contributed by atoms with Gasteiger partial charge >= 0.3 is 0 Å². The Balaban J connectivity index is 1.73. The SMILES string of the molecule is CN(c1cc(-c2ccc(CS)cc2)ncn1)c1cccc2cnccc12. The summed E-state index contributed by atoms with van der Waals surface area (Å²) in [4.78, 5) is 15.2. The van der Waals surface area contributed by atoms with Crippen LogP contribution in [-0.2, 0) is 5.75 Å². The van der Waals surface area contributed by atoms with Crippen LogP contribution in [0.2, 0.25) is 0 Å². The highest BCUT2D eigenvalue weighted by Gasteiger charge is 2.11. The van der Waals surface area contributed by atoms with Crippen LogP contribution >= 0.6 is 12.6 Å². The molecule has 0 saturated heterocycles. The van der Waals surface area contributed by atoms with E-state index in [1.807, 2.05) is 37.6 Å². The van der Waals surface area contributed by atoms with E-state index in [1.54, 1.807) is 6.33 Å². The van der Waals surface area contributed by atoms with Gasteiger partial charge in [-0.1, -0.05) is 36.4 Å². The number of nitrogens with zero attached hydrogens (tertiary/aromatic N) is 4. The standard InChI is InChI=1S/C21H18N4S/c1-25(20-4-2-3-17-12-22-10-9-18(17)20)21-11-19(23-14-24-21)16-7-5-15(13-26)6-8-16/h2-12,14,26H,13H2,1H3. The summed E-state index contributed by atoms with van der Waals surface area (Å²) in [5.74, 6) is 1.58. The van der Waals surface area contributed by atoms with E-state index < -0.39 is 0 Å². The fourth-order valence-electron chi connectivity index (χ4n) is 2.99. The average molecular weight is 358 g/mol. The molecule has 4 aromatic rings. The summed E-state index contributed by atoms with van der Waals surface area (Å²) < 4.78 is 0. The molecule has 0 bridgehead atoms. The first-order chi connectivity index (χ1) is 12.8. The normalized spacial score (nSPS) is 10.8. The molecule has 2 aromatic heterocycles. The Bertz CT molecular complexity index is 1040. The minimum absolute atomic E-state index is 0.730. The second-order valence-corrected chi connectivity index (χ2v) is 6.37. The van der Waals surface area contributed by atoms with Gasteiger partial charge < -0.3 is 4.90 Å². The maximum Gasteiger partial charge on any atom is 0.136 e. The van der Waals surface area contributed by atoms with Crippen LogP contribution in [0.5, 0.6) is 0 Å². The second kappa shape index (κ2) is 7.14. The molecule has 0 amide bonds. The number of fused-ring (bicyclic) bond motifs is 1. The van der Waals surface area contributed by atoms with Gasteiger partial charge in [0.2, 0.25) is 0 Å². The predicted molar refractivity (Wildman–Crippen MR) is 110 cm³/mol. The number of thiol groups is 1. The first kappa shape index (κ1) is 16.5. The lowest BCUT2D eigenvalue weighted by Gasteiger charge is -2.20. The van der Waals surface area contributed by atoms with Crippen LogP contribution in [0.3, 0.4) is 0 Å². The van der Waals surface area contributed by atoms with Crippen molar-refractivity contribution in [3.63, 3.8) is 0 Å². The largest absolute Gasteiger partial charge is 0.329 e.